The third kappa shape index (κ3) is 4.92. The van der Waals surface area contributed by atoms with E-state index in [-0.39, 0.29) is 6.10 Å². The Balaban J connectivity index is 1.48. The lowest BCUT2D eigenvalue weighted by atomic mass is 10.2. The highest BCUT2D eigenvalue weighted by atomic mass is 35.5. The number of nitrogens with one attached hydrogen (secondary N) is 2. The van der Waals surface area contributed by atoms with Crippen LogP contribution in [0, 0.1) is 0 Å². The lowest BCUT2D eigenvalue weighted by molar-refractivity contribution is 0.114. The fourth-order valence-electron chi connectivity index (χ4n) is 2.48. The molecule has 0 spiro atoms. The molecule has 3 rings (SSSR count). The lowest BCUT2D eigenvalue weighted by Crippen LogP contribution is -2.34. The average molecular weight is 351 g/mol. The lowest BCUT2D eigenvalue weighted by Gasteiger charge is -2.13. The Bertz CT molecular complexity index is 652. The van der Waals surface area contributed by atoms with Gasteiger partial charge in [-0.25, -0.2) is 0 Å². The van der Waals surface area contributed by atoms with Crippen molar-refractivity contribution in [3.63, 3.8) is 0 Å². The van der Waals surface area contributed by atoms with Gasteiger partial charge in [0.05, 0.1) is 24.5 Å². The molecule has 1 saturated heterocycles. The predicted octanol–water partition coefficient (Wildman–Crippen LogP) is 3.05. The smallest absolute Gasteiger partial charge is 0.170 e. The molecular weight excluding hydrogens is 332 g/mol. The van der Waals surface area contributed by atoms with Crippen LogP contribution >= 0.6 is 23.8 Å². The van der Waals surface area contributed by atoms with E-state index in [1.165, 1.54) is 0 Å². The van der Waals surface area contributed by atoms with Crippen molar-refractivity contribution in [2.24, 2.45) is 0 Å². The minimum atomic E-state index is 0.266. The van der Waals surface area contributed by atoms with Gasteiger partial charge in [0.2, 0.25) is 0 Å². The summed E-state index contributed by atoms with van der Waals surface area (Å²) in [6.07, 6.45) is 6.17. The van der Waals surface area contributed by atoms with Crippen LogP contribution in [0.25, 0.3) is 0 Å². The summed E-state index contributed by atoms with van der Waals surface area (Å²) in [5.41, 5.74) is 2.01. The largest absolute Gasteiger partial charge is 0.376 e. The summed E-state index contributed by atoms with van der Waals surface area (Å²) in [5, 5.41) is 12.0. The van der Waals surface area contributed by atoms with E-state index in [4.69, 9.17) is 28.6 Å². The van der Waals surface area contributed by atoms with E-state index in [2.05, 4.69) is 15.7 Å². The second-order valence-electron chi connectivity index (χ2n) is 5.52. The van der Waals surface area contributed by atoms with Crippen LogP contribution in [-0.4, -0.2) is 34.1 Å². The van der Waals surface area contributed by atoms with Crippen LogP contribution in [0.1, 0.15) is 18.4 Å². The van der Waals surface area contributed by atoms with Gasteiger partial charge in [0.25, 0.3) is 0 Å². The number of halogens is 1. The molecule has 0 amide bonds. The van der Waals surface area contributed by atoms with Gasteiger partial charge in [-0.1, -0.05) is 23.7 Å². The molecule has 2 N–H and O–H groups in total. The Hall–Kier alpha value is -1.63. The maximum Gasteiger partial charge on any atom is 0.170 e. The van der Waals surface area contributed by atoms with Crippen molar-refractivity contribution in [2.75, 3.05) is 18.5 Å². The van der Waals surface area contributed by atoms with E-state index < -0.39 is 0 Å². The number of rotatable bonds is 5. The third-order valence-electron chi connectivity index (χ3n) is 3.66. The molecule has 1 aliphatic heterocycles. The second kappa shape index (κ2) is 7.77. The molecule has 1 atom stereocenters. The number of hydrogen-bond donors (Lipinski definition) is 2. The standard InChI is InChI=1S/C16H19ClN4OS/c17-13-5-3-12(4-6-13)10-21-11-14(8-19-21)20-16(23)18-9-15-2-1-7-22-15/h3-6,8,11,15H,1-2,7,9-10H2,(H2,18,20,23)/t15-/m0/s1. The van der Waals surface area contributed by atoms with Gasteiger partial charge in [-0.2, -0.15) is 5.10 Å². The number of anilines is 1. The molecular formula is C16H19ClN4OS. The molecule has 0 aliphatic carbocycles. The predicted molar refractivity (Wildman–Crippen MR) is 96.0 cm³/mol. The van der Waals surface area contributed by atoms with Crippen LogP contribution in [0.5, 0.6) is 0 Å². The van der Waals surface area contributed by atoms with Crippen molar-refractivity contribution in [3.8, 4) is 0 Å². The summed E-state index contributed by atoms with van der Waals surface area (Å²) in [6.45, 7) is 2.28. The molecule has 122 valence electrons. The molecule has 0 radical (unpaired) electrons. The number of thiocarbonyl (C=S) groups is 1. The highest BCUT2D eigenvalue weighted by Gasteiger charge is 2.15. The highest BCUT2D eigenvalue weighted by molar-refractivity contribution is 7.80. The minimum Gasteiger partial charge on any atom is -0.376 e. The number of aromatic nitrogens is 2. The topological polar surface area (TPSA) is 51.1 Å². The molecule has 1 aromatic heterocycles. The van der Waals surface area contributed by atoms with Gasteiger partial charge >= 0.3 is 0 Å². The van der Waals surface area contributed by atoms with Gasteiger partial charge in [0, 0.05) is 24.4 Å². The van der Waals surface area contributed by atoms with Crippen molar-refractivity contribution >= 4 is 34.6 Å². The Kier molecular flexibility index (Phi) is 5.48. The summed E-state index contributed by atoms with van der Waals surface area (Å²) in [5.74, 6) is 0. The zero-order chi connectivity index (χ0) is 16.1. The molecule has 0 saturated carbocycles. The van der Waals surface area contributed by atoms with Crippen LogP contribution in [0.2, 0.25) is 5.02 Å². The Morgan fingerprint density at radius 1 is 1.39 bits per heavy atom. The number of ether oxygens (including phenoxy) is 1. The van der Waals surface area contributed by atoms with E-state index in [0.717, 1.165) is 42.3 Å². The van der Waals surface area contributed by atoms with Crippen LogP contribution in [0.3, 0.4) is 0 Å². The van der Waals surface area contributed by atoms with Gasteiger partial charge in [-0.15, -0.1) is 0 Å². The number of hydrogen-bond acceptors (Lipinski definition) is 3. The van der Waals surface area contributed by atoms with Crippen LogP contribution in [0.4, 0.5) is 5.69 Å². The van der Waals surface area contributed by atoms with Crippen molar-refractivity contribution < 1.29 is 4.74 Å². The van der Waals surface area contributed by atoms with E-state index in [1.807, 2.05) is 35.1 Å². The monoisotopic (exact) mass is 350 g/mol. The molecule has 2 aromatic rings. The molecule has 0 bridgehead atoms. The maximum absolute atomic E-state index is 5.89. The first-order chi connectivity index (χ1) is 11.2. The van der Waals surface area contributed by atoms with Gasteiger partial charge in [0.15, 0.2) is 5.11 Å². The fraction of sp³-hybridized carbons (Fsp3) is 0.375. The molecule has 0 unspecified atom stereocenters. The van der Waals surface area contributed by atoms with Crippen LogP contribution < -0.4 is 10.6 Å². The summed E-state index contributed by atoms with van der Waals surface area (Å²) in [4.78, 5) is 0. The summed E-state index contributed by atoms with van der Waals surface area (Å²) < 4.78 is 7.41. The third-order valence-corrected chi connectivity index (χ3v) is 4.16. The van der Waals surface area contributed by atoms with Crippen LogP contribution in [-0.2, 0) is 11.3 Å². The van der Waals surface area contributed by atoms with Crippen molar-refractivity contribution in [1.82, 2.24) is 15.1 Å². The van der Waals surface area contributed by atoms with Crippen molar-refractivity contribution in [3.05, 3.63) is 47.2 Å². The molecule has 2 heterocycles. The van der Waals surface area contributed by atoms with Crippen molar-refractivity contribution in [1.29, 1.82) is 0 Å². The summed E-state index contributed by atoms with van der Waals surface area (Å²) in [6, 6.07) is 7.74. The molecule has 5 nitrogen and oxygen atoms in total. The van der Waals surface area contributed by atoms with E-state index in [9.17, 15) is 0 Å². The van der Waals surface area contributed by atoms with Gasteiger partial charge in [0.1, 0.15) is 0 Å². The number of benzene rings is 1. The minimum absolute atomic E-state index is 0.266. The normalized spacial score (nSPS) is 17.2. The quantitative estimate of drug-likeness (QED) is 0.812. The van der Waals surface area contributed by atoms with Gasteiger partial charge in [-0.3, -0.25) is 4.68 Å². The molecule has 1 aliphatic rings. The maximum atomic E-state index is 5.89. The molecule has 7 heteroatoms. The second-order valence-corrected chi connectivity index (χ2v) is 6.37. The molecule has 1 aromatic carbocycles. The summed E-state index contributed by atoms with van der Waals surface area (Å²) >= 11 is 11.2. The zero-order valence-electron chi connectivity index (χ0n) is 12.7. The van der Waals surface area contributed by atoms with Crippen LogP contribution in [0.15, 0.2) is 36.7 Å². The first-order valence-electron chi connectivity index (χ1n) is 7.62. The molecule has 1 fully saturated rings. The van der Waals surface area contributed by atoms with Gasteiger partial charge in [-0.05, 0) is 42.8 Å². The first kappa shape index (κ1) is 16.2. The Morgan fingerprint density at radius 2 is 2.22 bits per heavy atom. The Labute approximate surface area is 146 Å². The Morgan fingerprint density at radius 3 is 2.96 bits per heavy atom. The average Bonchev–Trinajstić information content (AvgIpc) is 3.20. The first-order valence-corrected chi connectivity index (χ1v) is 8.41. The van der Waals surface area contributed by atoms with Gasteiger partial charge < -0.3 is 15.4 Å². The number of nitrogens with zero attached hydrogens (tertiary/aromatic N) is 2. The van der Waals surface area contributed by atoms with E-state index in [0.29, 0.717) is 11.7 Å². The SMILES string of the molecule is S=C(NC[C@@H]1CCCO1)Nc1cnn(Cc2ccc(Cl)cc2)c1. The molecule has 23 heavy (non-hydrogen) atoms. The van der Waals surface area contributed by atoms with Crippen molar-refractivity contribution in [2.45, 2.75) is 25.5 Å². The van der Waals surface area contributed by atoms with E-state index in [1.54, 1.807) is 6.20 Å². The van der Waals surface area contributed by atoms with E-state index >= 15 is 0 Å². The highest BCUT2D eigenvalue weighted by Crippen LogP contribution is 2.13. The summed E-state index contributed by atoms with van der Waals surface area (Å²) in [7, 11) is 0. The fourth-order valence-corrected chi connectivity index (χ4v) is 2.81. The zero-order valence-corrected chi connectivity index (χ0v) is 14.2.